The zero-order chi connectivity index (χ0) is 14.6. The van der Waals surface area contributed by atoms with Gasteiger partial charge in [-0.3, -0.25) is 0 Å². The van der Waals surface area contributed by atoms with Crippen molar-refractivity contribution in [2.45, 2.75) is 49.6 Å². The van der Waals surface area contributed by atoms with Gasteiger partial charge in [-0.2, -0.15) is 0 Å². The van der Waals surface area contributed by atoms with Crippen LogP contribution >= 0.6 is 0 Å². The average molecular weight is 298 g/mol. The van der Waals surface area contributed by atoms with Gasteiger partial charge < -0.3 is 10.4 Å². The highest BCUT2D eigenvalue weighted by Gasteiger charge is 2.29. The molecule has 0 heterocycles. The second-order valence-corrected chi connectivity index (χ2v) is 6.90. The molecule has 20 heavy (non-hydrogen) atoms. The van der Waals surface area contributed by atoms with E-state index in [0.29, 0.717) is 18.7 Å². The monoisotopic (exact) mass is 298 g/mol. The van der Waals surface area contributed by atoms with Crippen molar-refractivity contribution in [2.75, 3.05) is 11.9 Å². The molecule has 3 N–H and O–H groups in total. The Bertz CT molecular complexity index is 541. The maximum atomic E-state index is 12.3. The molecule has 1 aliphatic carbocycles. The third kappa shape index (κ3) is 4.19. The van der Waals surface area contributed by atoms with Crippen molar-refractivity contribution in [3.8, 4) is 0 Å². The summed E-state index contributed by atoms with van der Waals surface area (Å²) in [4.78, 5) is 0.246. The van der Waals surface area contributed by atoms with E-state index in [2.05, 4.69) is 10.0 Å². The van der Waals surface area contributed by atoms with Crippen LogP contribution in [0.4, 0.5) is 5.69 Å². The maximum absolute atomic E-state index is 12.3. The minimum Gasteiger partial charge on any atom is -0.391 e. The third-order valence-corrected chi connectivity index (χ3v) is 4.80. The highest BCUT2D eigenvalue weighted by molar-refractivity contribution is 7.89. The minimum absolute atomic E-state index is 0.0822. The summed E-state index contributed by atoms with van der Waals surface area (Å²) < 4.78 is 27.2. The van der Waals surface area contributed by atoms with E-state index in [1.54, 1.807) is 24.3 Å². The molecule has 6 heteroatoms. The Morgan fingerprint density at radius 1 is 1.35 bits per heavy atom. The van der Waals surface area contributed by atoms with Gasteiger partial charge in [0.2, 0.25) is 10.0 Å². The first-order valence-corrected chi connectivity index (χ1v) is 8.54. The molecule has 112 valence electrons. The van der Waals surface area contributed by atoms with Crippen LogP contribution in [-0.4, -0.2) is 32.2 Å². The zero-order valence-corrected chi connectivity index (χ0v) is 12.5. The number of para-hydroxylation sites is 1. The van der Waals surface area contributed by atoms with Gasteiger partial charge in [0.05, 0.1) is 11.8 Å². The Hall–Kier alpha value is -1.11. The maximum Gasteiger partial charge on any atom is 0.242 e. The Balaban J connectivity index is 2.09. The number of hydrogen-bond donors (Lipinski definition) is 3. The van der Waals surface area contributed by atoms with Crippen molar-refractivity contribution >= 4 is 15.7 Å². The molecule has 1 aromatic rings. The van der Waals surface area contributed by atoms with Gasteiger partial charge in [0.1, 0.15) is 4.90 Å². The van der Waals surface area contributed by atoms with Gasteiger partial charge in [0.15, 0.2) is 0 Å². The van der Waals surface area contributed by atoms with Crippen LogP contribution < -0.4 is 10.0 Å². The Labute approximate surface area is 120 Å². The number of hydrogen-bond acceptors (Lipinski definition) is 4. The number of benzene rings is 1. The van der Waals surface area contributed by atoms with E-state index in [0.717, 1.165) is 19.3 Å². The van der Waals surface area contributed by atoms with Crippen LogP contribution in [0.5, 0.6) is 0 Å². The lowest BCUT2D eigenvalue weighted by molar-refractivity contribution is 0.176. The molecule has 1 aliphatic rings. The van der Waals surface area contributed by atoms with Crippen LogP contribution in [0.2, 0.25) is 0 Å². The van der Waals surface area contributed by atoms with Gasteiger partial charge in [-0.05, 0) is 31.4 Å². The molecule has 1 aromatic carbocycles. The standard InChI is InChI=1S/C14H22N2O3S/c1-2-5-12(17)10-15-13-6-3-4-7-14(13)20(18,19)16-11-8-9-11/h3-4,6-7,11-12,15-17H,2,5,8-10H2,1H3. The molecule has 0 aliphatic heterocycles. The molecule has 0 saturated heterocycles. The van der Waals surface area contributed by atoms with Crippen LogP contribution in [-0.2, 0) is 10.0 Å². The predicted molar refractivity (Wildman–Crippen MR) is 79.2 cm³/mol. The largest absolute Gasteiger partial charge is 0.391 e. The van der Waals surface area contributed by atoms with Crippen molar-refractivity contribution < 1.29 is 13.5 Å². The summed E-state index contributed by atoms with van der Waals surface area (Å²) in [6, 6.07) is 6.87. The van der Waals surface area contributed by atoms with E-state index in [1.807, 2.05) is 6.92 Å². The number of aliphatic hydroxyl groups is 1. The predicted octanol–water partition coefficient (Wildman–Crippen LogP) is 1.70. The molecular formula is C14H22N2O3S. The number of aliphatic hydroxyl groups excluding tert-OH is 1. The molecule has 0 amide bonds. The van der Waals surface area contributed by atoms with Gasteiger partial charge in [0, 0.05) is 12.6 Å². The lowest BCUT2D eigenvalue weighted by Crippen LogP contribution is -2.27. The smallest absolute Gasteiger partial charge is 0.242 e. The summed E-state index contributed by atoms with van der Waals surface area (Å²) in [6.07, 6.45) is 2.94. The van der Waals surface area contributed by atoms with Gasteiger partial charge in [-0.1, -0.05) is 25.5 Å². The van der Waals surface area contributed by atoms with Gasteiger partial charge in [-0.25, -0.2) is 13.1 Å². The second-order valence-electron chi connectivity index (χ2n) is 5.22. The Morgan fingerprint density at radius 3 is 2.70 bits per heavy atom. The van der Waals surface area contributed by atoms with Crippen molar-refractivity contribution in [3.05, 3.63) is 24.3 Å². The van der Waals surface area contributed by atoms with Crippen LogP contribution in [0.1, 0.15) is 32.6 Å². The molecular weight excluding hydrogens is 276 g/mol. The van der Waals surface area contributed by atoms with Crippen LogP contribution in [0.3, 0.4) is 0 Å². The highest BCUT2D eigenvalue weighted by atomic mass is 32.2. The van der Waals surface area contributed by atoms with Gasteiger partial charge >= 0.3 is 0 Å². The van der Waals surface area contributed by atoms with Crippen molar-refractivity contribution in [2.24, 2.45) is 0 Å². The summed E-state index contributed by atoms with van der Waals surface area (Å²) in [5.41, 5.74) is 0.538. The zero-order valence-electron chi connectivity index (χ0n) is 11.7. The van der Waals surface area contributed by atoms with Crippen LogP contribution in [0.15, 0.2) is 29.2 Å². The van der Waals surface area contributed by atoms with Crippen LogP contribution in [0, 0.1) is 0 Å². The first-order valence-electron chi connectivity index (χ1n) is 7.06. The fourth-order valence-electron chi connectivity index (χ4n) is 1.99. The van der Waals surface area contributed by atoms with Gasteiger partial charge in [0.25, 0.3) is 0 Å². The summed E-state index contributed by atoms with van der Waals surface area (Å²) in [6.45, 7) is 2.35. The van der Waals surface area contributed by atoms with Crippen molar-refractivity contribution in [3.63, 3.8) is 0 Å². The van der Waals surface area contributed by atoms with Crippen LogP contribution in [0.25, 0.3) is 0 Å². The average Bonchev–Trinajstić information content (AvgIpc) is 3.20. The molecule has 1 atom stereocenters. The molecule has 1 unspecified atom stereocenters. The Kier molecular flexibility index (Phi) is 5.01. The number of nitrogens with one attached hydrogen (secondary N) is 2. The molecule has 0 radical (unpaired) electrons. The third-order valence-electron chi connectivity index (χ3n) is 3.23. The van der Waals surface area contributed by atoms with Gasteiger partial charge in [-0.15, -0.1) is 0 Å². The van der Waals surface area contributed by atoms with Crippen molar-refractivity contribution in [1.29, 1.82) is 0 Å². The molecule has 0 spiro atoms. The molecule has 2 rings (SSSR count). The SMILES string of the molecule is CCCC(O)CNc1ccccc1S(=O)(=O)NC1CC1. The fraction of sp³-hybridized carbons (Fsp3) is 0.571. The van der Waals surface area contributed by atoms with E-state index < -0.39 is 16.1 Å². The van der Waals surface area contributed by atoms with E-state index >= 15 is 0 Å². The highest BCUT2D eigenvalue weighted by Crippen LogP contribution is 2.25. The first kappa shape index (κ1) is 15.3. The lowest BCUT2D eigenvalue weighted by Gasteiger charge is -2.15. The Morgan fingerprint density at radius 2 is 2.05 bits per heavy atom. The summed E-state index contributed by atoms with van der Waals surface area (Å²) in [5, 5.41) is 12.8. The molecule has 0 bridgehead atoms. The molecule has 5 nitrogen and oxygen atoms in total. The second kappa shape index (κ2) is 6.56. The minimum atomic E-state index is -3.48. The van der Waals surface area contributed by atoms with E-state index in [1.165, 1.54) is 0 Å². The number of anilines is 1. The number of rotatable bonds is 8. The molecule has 1 saturated carbocycles. The fourth-order valence-corrected chi connectivity index (χ4v) is 3.48. The summed E-state index contributed by atoms with van der Waals surface area (Å²) in [5.74, 6) is 0. The summed E-state index contributed by atoms with van der Waals surface area (Å²) in [7, 11) is -3.48. The molecule has 0 aromatic heterocycles. The normalized spacial score (nSPS) is 16.9. The summed E-state index contributed by atoms with van der Waals surface area (Å²) >= 11 is 0. The number of sulfonamides is 1. The first-order chi connectivity index (χ1) is 9.53. The lowest BCUT2D eigenvalue weighted by atomic mass is 10.2. The topological polar surface area (TPSA) is 78.4 Å². The van der Waals surface area contributed by atoms with E-state index in [-0.39, 0.29) is 10.9 Å². The molecule has 1 fully saturated rings. The van der Waals surface area contributed by atoms with Crippen molar-refractivity contribution in [1.82, 2.24) is 4.72 Å². The quantitative estimate of drug-likeness (QED) is 0.682. The van der Waals surface area contributed by atoms with E-state index in [4.69, 9.17) is 0 Å². The van der Waals surface area contributed by atoms with E-state index in [9.17, 15) is 13.5 Å².